The molecule has 13 heavy (non-hydrogen) atoms. The lowest BCUT2D eigenvalue weighted by Gasteiger charge is -2.08. The number of amides is 1. The zero-order valence-electron chi connectivity index (χ0n) is 6.66. The number of halogens is 4. The summed E-state index contributed by atoms with van der Waals surface area (Å²) in [4.78, 5) is 10.5. The minimum Gasteiger partial charge on any atom is -0.450 e. The van der Waals surface area contributed by atoms with Gasteiger partial charge in [-0.1, -0.05) is 15.9 Å². The Morgan fingerprint density at radius 2 is 2.08 bits per heavy atom. The summed E-state index contributed by atoms with van der Waals surface area (Å²) in [5.41, 5.74) is 0. The summed E-state index contributed by atoms with van der Waals surface area (Å²) in [6, 6.07) is 0. The molecule has 0 unspecified atom stereocenters. The van der Waals surface area contributed by atoms with Crippen LogP contribution in [0.1, 0.15) is 6.42 Å². The van der Waals surface area contributed by atoms with Gasteiger partial charge in [0.05, 0.1) is 6.61 Å². The van der Waals surface area contributed by atoms with Crippen LogP contribution in [0.2, 0.25) is 0 Å². The van der Waals surface area contributed by atoms with Crippen LogP contribution in [-0.2, 0) is 4.74 Å². The van der Waals surface area contributed by atoms with Crippen molar-refractivity contribution in [1.29, 1.82) is 0 Å². The Labute approximate surface area is 81.8 Å². The third-order valence-corrected chi connectivity index (χ3v) is 1.51. The lowest BCUT2D eigenvalue weighted by Crippen LogP contribution is -2.34. The molecule has 0 saturated carbocycles. The molecule has 3 nitrogen and oxygen atoms in total. The molecule has 1 N–H and O–H groups in total. The Morgan fingerprint density at radius 3 is 2.54 bits per heavy atom. The first kappa shape index (κ1) is 12.5. The van der Waals surface area contributed by atoms with Crippen molar-refractivity contribution < 1.29 is 22.7 Å². The normalized spacial score (nSPS) is 11.1. The number of rotatable bonds is 4. The number of carbonyl (C=O) groups is 1. The quantitative estimate of drug-likeness (QED) is 0.623. The average Bonchev–Trinajstić information content (AvgIpc) is 2.00. The van der Waals surface area contributed by atoms with Crippen LogP contribution in [0.5, 0.6) is 0 Å². The van der Waals surface area contributed by atoms with E-state index in [-0.39, 0.29) is 6.61 Å². The highest BCUT2D eigenvalue weighted by Crippen LogP contribution is 2.12. The van der Waals surface area contributed by atoms with E-state index in [1.807, 2.05) is 0 Å². The highest BCUT2D eigenvalue weighted by atomic mass is 79.9. The van der Waals surface area contributed by atoms with Crippen molar-refractivity contribution in [3.63, 3.8) is 0 Å². The second-order valence-corrected chi connectivity index (χ2v) is 2.94. The molecule has 0 radical (unpaired) electrons. The molecule has 0 aromatic rings. The molecule has 0 aliphatic rings. The number of alkyl halides is 4. The van der Waals surface area contributed by atoms with Crippen LogP contribution in [0.3, 0.4) is 0 Å². The van der Waals surface area contributed by atoms with Gasteiger partial charge in [-0.25, -0.2) is 4.79 Å². The molecule has 78 valence electrons. The second-order valence-electron chi connectivity index (χ2n) is 2.15. The Morgan fingerprint density at radius 1 is 1.46 bits per heavy atom. The van der Waals surface area contributed by atoms with Crippen LogP contribution in [0.25, 0.3) is 0 Å². The summed E-state index contributed by atoms with van der Waals surface area (Å²) in [6.45, 7) is -1.25. The first-order chi connectivity index (χ1) is 5.95. The van der Waals surface area contributed by atoms with E-state index in [1.165, 1.54) is 0 Å². The molecule has 0 aromatic heterocycles. The van der Waals surface area contributed by atoms with Gasteiger partial charge in [0.2, 0.25) is 0 Å². The summed E-state index contributed by atoms with van der Waals surface area (Å²) < 4.78 is 39.0. The van der Waals surface area contributed by atoms with Gasteiger partial charge in [0.1, 0.15) is 6.54 Å². The molecular formula is C6H9BrF3NO2. The number of hydrogen-bond acceptors (Lipinski definition) is 2. The topological polar surface area (TPSA) is 38.3 Å². The molecule has 1 amide bonds. The molecular weight excluding hydrogens is 255 g/mol. The number of alkyl carbamates (subject to hydrolysis) is 1. The van der Waals surface area contributed by atoms with Gasteiger partial charge >= 0.3 is 12.3 Å². The van der Waals surface area contributed by atoms with E-state index in [9.17, 15) is 18.0 Å². The summed E-state index contributed by atoms with van der Waals surface area (Å²) in [5, 5.41) is 2.22. The molecule has 0 aliphatic carbocycles. The Kier molecular flexibility index (Phi) is 5.85. The van der Waals surface area contributed by atoms with Crippen molar-refractivity contribution in [2.45, 2.75) is 12.6 Å². The second kappa shape index (κ2) is 6.06. The van der Waals surface area contributed by atoms with Crippen molar-refractivity contribution in [3.8, 4) is 0 Å². The fourth-order valence-electron chi connectivity index (χ4n) is 0.443. The molecule has 0 fully saturated rings. The van der Waals surface area contributed by atoms with E-state index in [0.717, 1.165) is 0 Å². The van der Waals surface area contributed by atoms with Gasteiger partial charge in [-0.15, -0.1) is 0 Å². The molecule has 0 heterocycles. The first-order valence-electron chi connectivity index (χ1n) is 3.49. The monoisotopic (exact) mass is 263 g/mol. The minimum atomic E-state index is -4.39. The standard InChI is InChI=1S/C6H9BrF3NO2/c7-2-1-3-13-5(12)11-4-6(8,9)10/h1-4H2,(H,11,12). The lowest BCUT2D eigenvalue weighted by atomic mass is 10.5. The number of ether oxygens (including phenoxy) is 1. The molecule has 0 atom stereocenters. The van der Waals surface area contributed by atoms with E-state index in [4.69, 9.17) is 0 Å². The van der Waals surface area contributed by atoms with Crippen LogP contribution in [0.4, 0.5) is 18.0 Å². The van der Waals surface area contributed by atoms with Gasteiger partial charge in [0.15, 0.2) is 0 Å². The van der Waals surface area contributed by atoms with Gasteiger partial charge in [-0.05, 0) is 6.42 Å². The molecule has 0 aromatic carbocycles. The Hall–Kier alpha value is -0.460. The van der Waals surface area contributed by atoms with Gasteiger partial charge in [-0.2, -0.15) is 13.2 Å². The molecule has 0 spiro atoms. The summed E-state index contributed by atoms with van der Waals surface area (Å²) in [5.74, 6) is 0. The molecule has 0 saturated heterocycles. The third kappa shape index (κ3) is 9.45. The zero-order chi connectivity index (χ0) is 10.3. The highest BCUT2D eigenvalue weighted by Gasteiger charge is 2.27. The first-order valence-corrected chi connectivity index (χ1v) is 4.61. The van der Waals surface area contributed by atoms with Crippen LogP contribution < -0.4 is 5.32 Å². The van der Waals surface area contributed by atoms with Gasteiger partial charge in [-0.3, -0.25) is 0 Å². The van der Waals surface area contributed by atoms with Crippen molar-refractivity contribution in [3.05, 3.63) is 0 Å². The largest absolute Gasteiger partial charge is 0.450 e. The number of carbonyl (C=O) groups excluding carboxylic acids is 1. The maximum Gasteiger partial charge on any atom is 0.407 e. The number of nitrogens with one attached hydrogen (secondary N) is 1. The average molecular weight is 264 g/mol. The fraction of sp³-hybridized carbons (Fsp3) is 0.833. The van der Waals surface area contributed by atoms with Gasteiger partial charge in [0.25, 0.3) is 0 Å². The maximum atomic E-state index is 11.5. The number of hydrogen-bond donors (Lipinski definition) is 1. The molecule has 7 heteroatoms. The van der Waals surface area contributed by atoms with Crippen molar-refractivity contribution in [2.24, 2.45) is 0 Å². The van der Waals surface area contributed by atoms with Crippen LogP contribution in [0, 0.1) is 0 Å². The van der Waals surface area contributed by atoms with Gasteiger partial charge in [0, 0.05) is 5.33 Å². The van der Waals surface area contributed by atoms with Crippen molar-refractivity contribution in [1.82, 2.24) is 5.32 Å². The van der Waals surface area contributed by atoms with Crippen molar-refractivity contribution >= 4 is 22.0 Å². The smallest absolute Gasteiger partial charge is 0.407 e. The van der Waals surface area contributed by atoms with E-state index >= 15 is 0 Å². The third-order valence-electron chi connectivity index (χ3n) is 0.944. The van der Waals surface area contributed by atoms with Crippen LogP contribution in [0.15, 0.2) is 0 Å². The lowest BCUT2D eigenvalue weighted by molar-refractivity contribution is -0.123. The maximum absolute atomic E-state index is 11.5. The minimum absolute atomic E-state index is 0.106. The predicted molar refractivity (Wildman–Crippen MR) is 43.8 cm³/mol. The van der Waals surface area contributed by atoms with E-state index in [2.05, 4.69) is 20.7 Å². The van der Waals surface area contributed by atoms with Crippen molar-refractivity contribution in [2.75, 3.05) is 18.5 Å². The zero-order valence-corrected chi connectivity index (χ0v) is 8.24. The molecule has 0 bridgehead atoms. The van der Waals surface area contributed by atoms with Gasteiger partial charge < -0.3 is 10.1 Å². The predicted octanol–water partition coefficient (Wildman–Crippen LogP) is 2.06. The molecule has 0 rings (SSSR count). The van der Waals surface area contributed by atoms with E-state index in [1.54, 1.807) is 5.32 Å². The van der Waals surface area contributed by atoms with E-state index in [0.29, 0.717) is 11.8 Å². The summed E-state index contributed by atoms with van der Waals surface area (Å²) in [6.07, 6.45) is -4.87. The molecule has 0 aliphatic heterocycles. The summed E-state index contributed by atoms with van der Waals surface area (Å²) >= 11 is 3.08. The Bertz CT molecular complexity index is 162. The van der Waals surface area contributed by atoms with Crippen LogP contribution in [-0.4, -0.2) is 30.8 Å². The Balaban J connectivity index is 3.41. The fourth-order valence-corrected chi connectivity index (χ4v) is 0.672. The SMILES string of the molecule is O=C(NCC(F)(F)F)OCCCBr. The van der Waals surface area contributed by atoms with Crippen LogP contribution >= 0.6 is 15.9 Å². The summed E-state index contributed by atoms with van der Waals surface area (Å²) in [7, 11) is 0. The van der Waals surface area contributed by atoms with E-state index < -0.39 is 18.8 Å². The highest BCUT2D eigenvalue weighted by molar-refractivity contribution is 9.09.